The molecule has 1 aliphatic rings. The molecular formula is C20H29ClN2O5. The Labute approximate surface area is 171 Å². The van der Waals surface area contributed by atoms with Crippen molar-refractivity contribution in [2.24, 2.45) is 0 Å². The van der Waals surface area contributed by atoms with Gasteiger partial charge in [0.1, 0.15) is 6.04 Å². The van der Waals surface area contributed by atoms with Gasteiger partial charge in [-0.3, -0.25) is 9.59 Å². The highest BCUT2D eigenvalue weighted by molar-refractivity contribution is 6.32. The maximum atomic E-state index is 12.7. The third kappa shape index (κ3) is 6.01. The smallest absolute Gasteiger partial charge is 0.252 e. The van der Waals surface area contributed by atoms with Crippen LogP contribution in [0.2, 0.25) is 5.02 Å². The second-order valence-electron chi connectivity index (χ2n) is 6.55. The van der Waals surface area contributed by atoms with Gasteiger partial charge in [0.25, 0.3) is 5.91 Å². The molecule has 1 fully saturated rings. The Hall–Kier alpha value is -1.99. The molecular weight excluding hydrogens is 384 g/mol. The number of ether oxygens (including phenoxy) is 3. The van der Waals surface area contributed by atoms with Gasteiger partial charge in [0.2, 0.25) is 5.91 Å². The Morgan fingerprint density at radius 2 is 1.96 bits per heavy atom. The Morgan fingerprint density at radius 1 is 1.25 bits per heavy atom. The molecule has 2 amide bonds. The normalized spacial score (nSPS) is 15.1. The van der Waals surface area contributed by atoms with Crippen LogP contribution in [0.15, 0.2) is 12.1 Å². The summed E-state index contributed by atoms with van der Waals surface area (Å²) >= 11 is 6.34. The molecule has 28 heavy (non-hydrogen) atoms. The molecule has 1 heterocycles. The molecule has 1 aromatic carbocycles. The van der Waals surface area contributed by atoms with Crippen molar-refractivity contribution in [3.8, 4) is 11.5 Å². The van der Waals surface area contributed by atoms with Crippen molar-refractivity contribution in [3.63, 3.8) is 0 Å². The largest absolute Gasteiger partial charge is 0.490 e. The summed E-state index contributed by atoms with van der Waals surface area (Å²) in [5.74, 6) is 0.332. The summed E-state index contributed by atoms with van der Waals surface area (Å²) in [5.41, 5.74) is 0.318. The summed E-state index contributed by atoms with van der Waals surface area (Å²) in [6.45, 7) is 8.61. The number of hydrogen-bond acceptors (Lipinski definition) is 5. The van der Waals surface area contributed by atoms with Crippen LogP contribution in [0.4, 0.5) is 0 Å². The summed E-state index contributed by atoms with van der Waals surface area (Å²) in [7, 11) is 0. The fourth-order valence-electron chi connectivity index (χ4n) is 2.82. The van der Waals surface area contributed by atoms with Gasteiger partial charge in [0.05, 0.1) is 31.5 Å². The first-order chi connectivity index (χ1) is 13.5. The second kappa shape index (κ2) is 11.1. The fraction of sp³-hybridized carbons (Fsp3) is 0.600. The lowest BCUT2D eigenvalue weighted by molar-refractivity contribution is -0.136. The van der Waals surface area contributed by atoms with Crippen molar-refractivity contribution in [3.05, 3.63) is 22.7 Å². The number of morpholine rings is 1. The van der Waals surface area contributed by atoms with Gasteiger partial charge in [0, 0.05) is 18.7 Å². The third-order valence-corrected chi connectivity index (χ3v) is 4.64. The van der Waals surface area contributed by atoms with Gasteiger partial charge in [-0.2, -0.15) is 0 Å². The minimum Gasteiger partial charge on any atom is -0.490 e. The highest BCUT2D eigenvalue weighted by atomic mass is 35.5. The van der Waals surface area contributed by atoms with Crippen LogP contribution in [0.3, 0.4) is 0 Å². The quantitative estimate of drug-likeness (QED) is 0.631. The molecule has 1 unspecified atom stereocenters. The number of amides is 2. The molecule has 1 saturated heterocycles. The standard InChI is InChI=1S/C20H29ClN2O5/c1-4-6-9-28-18-16(21)12-15(13-17(18)27-5-2)19(24)22-14(3)20(25)23-7-10-26-11-8-23/h12-14H,4-11H2,1-3H3,(H,22,24). The Balaban J connectivity index is 2.09. The van der Waals surface area contributed by atoms with Crippen LogP contribution < -0.4 is 14.8 Å². The average molecular weight is 413 g/mol. The lowest BCUT2D eigenvalue weighted by Gasteiger charge is -2.29. The van der Waals surface area contributed by atoms with Crippen LogP contribution in [0.1, 0.15) is 44.0 Å². The maximum absolute atomic E-state index is 12.7. The van der Waals surface area contributed by atoms with E-state index in [0.717, 1.165) is 12.8 Å². The Morgan fingerprint density at radius 3 is 2.61 bits per heavy atom. The van der Waals surface area contributed by atoms with Crippen molar-refractivity contribution < 1.29 is 23.8 Å². The molecule has 0 spiro atoms. The van der Waals surface area contributed by atoms with Crippen LogP contribution in [0.25, 0.3) is 0 Å². The molecule has 0 radical (unpaired) electrons. The monoisotopic (exact) mass is 412 g/mol. The Kier molecular flexibility index (Phi) is 8.86. The minimum atomic E-state index is -0.652. The molecule has 0 aliphatic carbocycles. The number of nitrogens with zero attached hydrogens (tertiary/aromatic N) is 1. The van der Waals surface area contributed by atoms with E-state index in [0.29, 0.717) is 61.6 Å². The summed E-state index contributed by atoms with van der Waals surface area (Å²) in [6.07, 6.45) is 1.89. The molecule has 8 heteroatoms. The van der Waals surface area contributed by atoms with Crippen molar-refractivity contribution >= 4 is 23.4 Å². The van der Waals surface area contributed by atoms with E-state index >= 15 is 0 Å². The molecule has 1 atom stereocenters. The van der Waals surface area contributed by atoms with Gasteiger partial charge in [-0.05, 0) is 32.4 Å². The first-order valence-corrected chi connectivity index (χ1v) is 10.1. The van der Waals surface area contributed by atoms with Crippen molar-refractivity contribution in [1.82, 2.24) is 10.2 Å². The number of benzene rings is 1. The highest BCUT2D eigenvalue weighted by Gasteiger charge is 2.25. The topological polar surface area (TPSA) is 77.1 Å². The predicted molar refractivity (Wildman–Crippen MR) is 107 cm³/mol. The SMILES string of the molecule is CCCCOc1c(Cl)cc(C(=O)NC(C)C(=O)N2CCOCC2)cc1OCC. The van der Waals surface area contributed by atoms with Crippen LogP contribution in [-0.2, 0) is 9.53 Å². The first-order valence-electron chi connectivity index (χ1n) is 9.74. The van der Waals surface area contributed by atoms with E-state index in [1.807, 2.05) is 6.92 Å². The van der Waals surface area contributed by atoms with Crippen molar-refractivity contribution in [2.45, 2.75) is 39.7 Å². The van der Waals surface area contributed by atoms with Gasteiger partial charge in [-0.25, -0.2) is 0 Å². The number of carbonyl (C=O) groups is 2. The van der Waals surface area contributed by atoms with Crippen LogP contribution in [0.5, 0.6) is 11.5 Å². The van der Waals surface area contributed by atoms with E-state index in [2.05, 4.69) is 12.2 Å². The van der Waals surface area contributed by atoms with Gasteiger partial charge >= 0.3 is 0 Å². The molecule has 156 valence electrons. The number of unbranched alkanes of at least 4 members (excludes halogenated alkanes) is 1. The number of halogens is 1. The second-order valence-corrected chi connectivity index (χ2v) is 6.96. The molecule has 0 aromatic heterocycles. The van der Waals surface area contributed by atoms with Crippen molar-refractivity contribution in [2.75, 3.05) is 39.5 Å². The summed E-state index contributed by atoms with van der Waals surface area (Å²) in [4.78, 5) is 26.8. The van der Waals surface area contributed by atoms with E-state index in [4.69, 9.17) is 25.8 Å². The average Bonchev–Trinajstić information content (AvgIpc) is 2.70. The fourth-order valence-corrected chi connectivity index (χ4v) is 3.09. The molecule has 0 saturated carbocycles. The van der Waals surface area contributed by atoms with Crippen LogP contribution >= 0.6 is 11.6 Å². The summed E-state index contributed by atoms with van der Waals surface area (Å²) in [5, 5.41) is 3.04. The summed E-state index contributed by atoms with van der Waals surface area (Å²) in [6, 6.07) is 2.48. The van der Waals surface area contributed by atoms with E-state index in [1.54, 1.807) is 17.9 Å². The lowest BCUT2D eigenvalue weighted by atomic mass is 10.1. The van der Waals surface area contributed by atoms with Gasteiger partial charge in [-0.15, -0.1) is 0 Å². The number of nitrogens with one attached hydrogen (secondary N) is 1. The zero-order valence-corrected chi connectivity index (χ0v) is 17.5. The Bertz CT molecular complexity index is 677. The lowest BCUT2D eigenvalue weighted by Crippen LogP contribution is -2.50. The number of carbonyl (C=O) groups excluding carboxylic acids is 2. The van der Waals surface area contributed by atoms with Crippen molar-refractivity contribution in [1.29, 1.82) is 0 Å². The van der Waals surface area contributed by atoms with E-state index in [9.17, 15) is 9.59 Å². The molecule has 2 rings (SSSR count). The van der Waals surface area contributed by atoms with E-state index < -0.39 is 11.9 Å². The molecule has 7 nitrogen and oxygen atoms in total. The summed E-state index contributed by atoms with van der Waals surface area (Å²) < 4.78 is 16.6. The third-order valence-electron chi connectivity index (χ3n) is 4.36. The molecule has 1 aromatic rings. The number of rotatable bonds is 9. The van der Waals surface area contributed by atoms with E-state index in [1.165, 1.54) is 6.07 Å². The van der Waals surface area contributed by atoms with E-state index in [-0.39, 0.29) is 5.91 Å². The highest BCUT2D eigenvalue weighted by Crippen LogP contribution is 2.37. The van der Waals surface area contributed by atoms with Gasteiger partial charge in [-0.1, -0.05) is 24.9 Å². The number of hydrogen-bond donors (Lipinski definition) is 1. The van der Waals surface area contributed by atoms with Gasteiger partial charge in [0.15, 0.2) is 11.5 Å². The maximum Gasteiger partial charge on any atom is 0.252 e. The zero-order chi connectivity index (χ0) is 20.5. The van der Waals surface area contributed by atoms with Crippen LogP contribution in [-0.4, -0.2) is 62.3 Å². The first kappa shape index (κ1) is 22.3. The molecule has 1 N–H and O–H groups in total. The van der Waals surface area contributed by atoms with Crippen LogP contribution in [0, 0.1) is 0 Å². The molecule has 1 aliphatic heterocycles. The predicted octanol–water partition coefficient (Wildman–Crippen LogP) is 2.89. The zero-order valence-electron chi connectivity index (χ0n) is 16.8. The molecule has 0 bridgehead atoms. The minimum absolute atomic E-state index is 0.132. The van der Waals surface area contributed by atoms with Gasteiger partial charge < -0.3 is 24.4 Å².